The van der Waals surface area contributed by atoms with E-state index in [9.17, 15) is 34.2 Å². The van der Waals surface area contributed by atoms with Crippen LogP contribution in [0.3, 0.4) is 0 Å². The van der Waals surface area contributed by atoms with Crippen LogP contribution in [-0.4, -0.2) is 66.2 Å². The number of nitrogens with two attached hydrogens (primary N) is 1. The molecule has 1 aromatic heterocycles. The van der Waals surface area contributed by atoms with Gasteiger partial charge >= 0.3 is 7.82 Å². The number of alkyl halides is 1. The second-order valence-electron chi connectivity index (χ2n) is 14.3. The van der Waals surface area contributed by atoms with Gasteiger partial charge in [0.25, 0.3) is 0 Å². The number of halogens is 1. The van der Waals surface area contributed by atoms with Crippen LogP contribution >= 0.6 is 7.82 Å². The highest BCUT2D eigenvalue weighted by Crippen LogP contribution is 2.72. The van der Waals surface area contributed by atoms with E-state index in [4.69, 9.17) is 15.2 Å². The lowest BCUT2D eigenvalue weighted by Crippen LogP contribution is -2.69. The number of anilines is 1. The van der Waals surface area contributed by atoms with Crippen molar-refractivity contribution in [1.82, 2.24) is 4.57 Å². The second-order valence-corrected chi connectivity index (χ2v) is 15.5. The number of ketones is 2. The summed E-state index contributed by atoms with van der Waals surface area (Å²) in [5.74, 6) is -2.24. The summed E-state index contributed by atoms with van der Waals surface area (Å²) in [6.07, 6.45) is 5.16. The van der Waals surface area contributed by atoms with Gasteiger partial charge in [0.1, 0.15) is 6.61 Å². The first kappa shape index (κ1) is 33.5. The van der Waals surface area contributed by atoms with Crippen LogP contribution in [0.2, 0.25) is 0 Å². The average molecular weight is 687 g/mol. The maximum atomic E-state index is 17.7. The lowest BCUT2D eigenvalue weighted by molar-refractivity contribution is -0.231. The Balaban J connectivity index is 1.22. The first-order valence-electron chi connectivity index (χ1n) is 16.1. The van der Waals surface area contributed by atoms with Gasteiger partial charge in [-0.2, -0.15) is 0 Å². The molecule has 4 aliphatic carbocycles. The summed E-state index contributed by atoms with van der Waals surface area (Å²) >= 11 is 0. The van der Waals surface area contributed by atoms with E-state index in [2.05, 4.69) is 4.52 Å². The largest absolute Gasteiger partial charge is 0.470 e. The first-order valence-corrected chi connectivity index (χ1v) is 17.6. The monoisotopic (exact) mass is 686 g/mol. The summed E-state index contributed by atoms with van der Waals surface area (Å²) in [6.45, 7) is 2.76. The quantitative estimate of drug-likeness (QED) is 0.202. The van der Waals surface area contributed by atoms with Gasteiger partial charge in [0.05, 0.1) is 18.8 Å². The molecule has 0 radical (unpaired) electrons. The summed E-state index contributed by atoms with van der Waals surface area (Å²) in [5.41, 5.74) is 2.82. The molecule has 5 aliphatic rings. The molecule has 6 N–H and O–H groups in total. The Kier molecular flexibility index (Phi) is 7.86. The molecule has 2 aromatic rings. The molecule has 3 saturated carbocycles. The fraction of sp³-hybridized carbons (Fsp3) is 0.529. The predicted molar refractivity (Wildman–Crippen MR) is 168 cm³/mol. The van der Waals surface area contributed by atoms with E-state index in [-0.39, 0.29) is 25.2 Å². The second kappa shape index (κ2) is 11.3. The first-order chi connectivity index (χ1) is 22.6. The van der Waals surface area contributed by atoms with Crippen LogP contribution in [0.1, 0.15) is 62.5 Å². The molecule has 1 aromatic carbocycles. The summed E-state index contributed by atoms with van der Waals surface area (Å²) in [6, 6.07) is 7.16. The van der Waals surface area contributed by atoms with Gasteiger partial charge in [0.2, 0.25) is 0 Å². The number of fused-ring (bicyclic) bond motifs is 7. The van der Waals surface area contributed by atoms with Crippen molar-refractivity contribution in [2.75, 3.05) is 12.3 Å². The number of phosphoric ester groups is 1. The molecule has 258 valence electrons. The summed E-state index contributed by atoms with van der Waals surface area (Å²) in [7, 11) is -5.04. The molecule has 12 nitrogen and oxygen atoms in total. The van der Waals surface area contributed by atoms with E-state index in [0.717, 1.165) is 5.56 Å². The van der Waals surface area contributed by atoms with Crippen LogP contribution in [0.15, 0.2) is 60.5 Å². The Morgan fingerprint density at radius 3 is 2.71 bits per heavy atom. The van der Waals surface area contributed by atoms with Crippen molar-refractivity contribution in [1.29, 1.82) is 0 Å². The molecule has 7 rings (SSSR count). The lowest BCUT2D eigenvalue weighted by atomic mass is 9.44. The molecule has 14 heteroatoms. The molecule has 0 unspecified atom stereocenters. The van der Waals surface area contributed by atoms with Crippen molar-refractivity contribution in [2.24, 2.45) is 22.7 Å². The van der Waals surface area contributed by atoms with Crippen LogP contribution in [-0.2, 0) is 41.3 Å². The number of aromatic nitrogens is 1. The summed E-state index contributed by atoms with van der Waals surface area (Å²) in [4.78, 5) is 45.3. The summed E-state index contributed by atoms with van der Waals surface area (Å²) < 4.78 is 49.0. The molecule has 0 bridgehead atoms. The Hall–Kier alpha value is -3.00. The highest BCUT2D eigenvalue weighted by molar-refractivity contribution is 7.46. The minimum atomic E-state index is -5.04. The number of ether oxygens (including phenoxy) is 2. The van der Waals surface area contributed by atoms with Crippen LogP contribution < -0.4 is 5.73 Å². The number of carbonyl (C=O) groups is 2. The molecular weight excluding hydrogens is 646 g/mol. The zero-order chi connectivity index (χ0) is 34.4. The average Bonchev–Trinajstić information content (AvgIpc) is 3.70. The number of carbonyl (C=O) groups excluding carboxylic acids is 2. The SMILES string of the molecule is C[C@]12C=CC(=O)C=C1CC[C@H]1[C@@H]3C[C@H]4O[C@@H](c5ccn(Cc6ccc(CO)c(N)c6)c5)O[C@@]4(C(=O)COP(=O)(O)O)[C@@]3(C)C[C@H](O)[C@@]12F. The van der Waals surface area contributed by atoms with Crippen molar-refractivity contribution in [3.8, 4) is 0 Å². The normalized spacial score (nSPS) is 38.6. The van der Waals surface area contributed by atoms with Crippen molar-refractivity contribution in [3.63, 3.8) is 0 Å². The van der Waals surface area contributed by atoms with Gasteiger partial charge in [-0.25, -0.2) is 8.96 Å². The van der Waals surface area contributed by atoms with E-state index >= 15 is 4.39 Å². The maximum Gasteiger partial charge on any atom is 0.470 e. The van der Waals surface area contributed by atoms with Crippen LogP contribution in [0, 0.1) is 22.7 Å². The zero-order valence-corrected chi connectivity index (χ0v) is 27.5. The third kappa shape index (κ3) is 4.78. The lowest BCUT2D eigenvalue weighted by Gasteiger charge is -2.62. The minimum Gasteiger partial charge on any atom is -0.398 e. The number of phosphoric acid groups is 1. The van der Waals surface area contributed by atoms with E-state index in [1.165, 1.54) is 12.2 Å². The zero-order valence-electron chi connectivity index (χ0n) is 26.6. The maximum absolute atomic E-state index is 17.7. The van der Waals surface area contributed by atoms with Crippen molar-refractivity contribution in [2.45, 2.75) is 82.5 Å². The third-order valence-electron chi connectivity index (χ3n) is 12.0. The number of aliphatic hydroxyl groups is 2. The van der Waals surface area contributed by atoms with Gasteiger partial charge in [-0.3, -0.25) is 14.1 Å². The Morgan fingerprint density at radius 2 is 2.00 bits per heavy atom. The molecular formula is C34H40FN2O10P. The molecule has 0 amide bonds. The van der Waals surface area contributed by atoms with Crippen molar-refractivity contribution < 1.29 is 52.5 Å². The van der Waals surface area contributed by atoms with Gasteiger partial charge in [0.15, 0.2) is 29.1 Å². The number of nitrogen functional groups attached to an aromatic ring is 1. The van der Waals surface area contributed by atoms with E-state index in [1.807, 2.05) is 10.6 Å². The van der Waals surface area contributed by atoms with Crippen molar-refractivity contribution >= 4 is 25.1 Å². The number of hydrogen-bond donors (Lipinski definition) is 5. The summed E-state index contributed by atoms with van der Waals surface area (Å²) in [5, 5.41) is 21.2. The molecule has 1 saturated heterocycles. The van der Waals surface area contributed by atoms with Crippen molar-refractivity contribution in [3.05, 3.63) is 77.2 Å². The number of rotatable bonds is 8. The number of nitrogens with zero attached hydrogens (tertiary/aromatic N) is 1. The van der Waals surface area contributed by atoms with Crippen LogP contribution in [0.25, 0.3) is 0 Å². The van der Waals surface area contributed by atoms with Gasteiger partial charge in [-0.1, -0.05) is 30.7 Å². The molecule has 48 heavy (non-hydrogen) atoms. The van der Waals surface area contributed by atoms with Gasteiger partial charge in [-0.15, -0.1) is 0 Å². The topological polar surface area (TPSA) is 191 Å². The number of aliphatic hydroxyl groups excluding tert-OH is 2. The Morgan fingerprint density at radius 1 is 1.23 bits per heavy atom. The molecule has 1 aliphatic heterocycles. The van der Waals surface area contributed by atoms with E-state index in [0.29, 0.717) is 41.8 Å². The Labute approximate surface area is 276 Å². The molecule has 4 fully saturated rings. The van der Waals surface area contributed by atoms with Crippen LogP contribution in [0.5, 0.6) is 0 Å². The number of hydrogen-bond acceptors (Lipinski definition) is 9. The van der Waals surface area contributed by atoms with Gasteiger partial charge in [-0.05, 0) is 68.4 Å². The van der Waals surface area contributed by atoms with Gasteiger partial charge in [0, 0.05) is 52.5 Å². The van der Waals surface area contributed by atoms with E-state index in [1.54, 1.807) is 50.5 Å². The number of benzene rings is 1. The highest BCUT2D eigenvalue weighted by Gasteiger charge is 2.79. The fourth-order valence-electron chi connectivity index (χ4n) is 9.65. The van der Waals surface area contributed by atoms with Crippen LogP contribution in [0.4, 0.5) is 10.1 Å². The molecule has 0 spiro atoms. The third-order valence-corrected chi connectivity index (χ3v) is 12.4. The number of allylic oxidation sites excluding steroid dienone is 4. The van der Waals surface area contributed by atoms with Gasteiger partial charge < -0.3 is 39.8 Å². The minimum absolute atomic E-state index is 0.170. The molecule has 2 heterocycles. The fourth-order valence-corrected chi connectivity index (χ4v) is 9.93. The van der Waals surface area contributed by atoms with E-state index < -0.39 is 72.6 Å². The molecule has 9 atom stereocenters. The highest BCUT2D eigenvalue weighted by atomic mass is 31.2. The standard InChI is InChI=1S/C34H40FN2O10P/c1-31-9-7-23(39)12-22(31)5-6-24-25-13-29-34(28(41)18-45-48(42,43)44,32(25,2)14-27(40)33(24,31)35)47-30(46-29)20-8-10-37(16-20)15-19-3-4-21(17-38)26(36)11-19/h3-4,7-12,16,24-25,27,29-30,38,40H,5-6,13-15,17-18,36H2,1-2H3,(H2,42,43,44)/t24-,25-,27-,29+,30+,31-,32-,33-,34+/m0/s1. The number of Topliss-reactive ketones (excluding diaryl/α,β-unsaturated/α-hetero) is 1. The predicted octanol–water partition coefficient (Wildman–Crippen LogP) is 3.42. The Bertz CT molecular complexity index is 1790. The smallest absolute Gasteiger partial charge is 0.398 e.